The Morgan fingerprint density at radius 3 is 1.51 bits per heavy atom. The van der Waals surface area contributed by atoms with Crippen LogP contribution in [0.4, 0.5) is 17.1 Å². The zero-order valence-electron chi connectivity index (χ0n) is 38.2. The largest absolute Gasteiger partial charge is 0.456 e. The smallest absolute Gasteiger partial charge is 0.135 e. The van der Waals surface area contributed by atoms with Crippen LogP contribution in [0.25, 0.3) is 77.9 Å². The summed E-state index contributed by atoms with van der Waals surface area (Å²) in [7, 11) is 0. The molecular formula is C68H43NO. The third-order valence-electron chi connectivity index (χ3n) is 15.5. The minimum absolute atomic E-state index is 0.606. The van der Waals surface area contributed by atoms with E-state index in [0.717, 1.165) is 57.2 Å². The van der Waals surface area contributed by atoms with E-state index in [1.54, 1.807) is 0 Å². The van der Waals surface area contributed by atoms with E-state index in [1.165, 1.54) is 89.0 Å². The van der Waals surface area contributed by atoms with Crippen molar-refractivity contribution in [2.45, 2.75) is 11.8 Å². The van der Waals surface area contributed by atoms with Gasteiger partial charge in [0.15, 0.2) is 0 Å². The molecule has 11 aromatic carbocycles. The highest BCUT2D eigenvalue weighted by molar-refractivity contribution is 6.03. The minimum Gasteiger partial charge on any atom is -0.456 e. The molecule has 70 heavy (non-hydrogen) atoms. The van der Waals surface area contributed by atoms with E-state index >= 15 is 0 Å². The summed E-state index contributed by atoms with van der Waals surface area (Å²) < 4.78 is 6.67. The standard InChI is InChI=1S/C68H43NO/c1-2-16-43(17-3-1)44-30-33-47(34-31-44)69(48-35-37-53-55-23-10-14-28-64(55)70-65-29-15-11-24-56(65)58(53)41-48)49-36-39-62-59(42-49)52-21-7-6-20-51(52)54-22-8-12-26-60(54)68(62)61-27-13-9-25-57(61)67-63(68)38-32-46-40-45-18-4-5-19-50(45)66(46)67/h1-39,41-42H,40H2. The van der Waals surface area contributed by atoms with Crippen molar-refractivity contribution in [1.82, 2.24) is 0 Å². The number of hydrogen-bond donors (Lipinski definition) is 0. The van der Waals surface area contributed by atoms with Crippen molar-refractivity contribution in [3.63, 3.8) is 0 Å². The molecule has 326 valence electrons. The number of rotatable bonds is 4. The maximum atomic E-state index is 6.67. The summed E-state index contributed by atoms with van der Waals surface area (Å²) in [4.78, 5) is 2.45. The summed E-state index contributed by atoms with van der Waals surface area (Å²) >= 11 is 0. The van der Waals surface area contributed by atoms with Gasteiger partial charge in [-0.1, -0.05) is 200 Å². The number of ether oxygens (including phenoxy) is 1. The Morgan fingerprint density at radius 1 is 0.286 bits per heavy atom. The maximum Gasteiger partial charge on any atom is 0.135 e. The van der Waals surface area contributed by atoms with Gasteiger partial charge < -0.3 is 9.64 Å². The molecule has 0 N–H and O–H groups in total. The molecule has 0 saturated heterocycles. The Bertz CT molecular complexity index is 3960. The number of nitrogens with zero attached hydrogens (tertiary/aromatic N) is 1. The summed E-state index contributed by atoms with van der Waals surface area (Å²) in [6.07, 6.45) is 0.950. The van der Waals surface area contributed by atoms with E-state index in [0.29, 0.717) is 0 Å². The van der Waals surface area contributed by atoms with Gasteiger partial charge in [0.05, 0.1) is 5.41 Å². The SMILES string of the molecule is c1ccc(-c2ccc(N(c3ccc4c(c3)-c3ccccc3Oc3ccccc3-4)c3ccc4c(c3)-c3ccccc3-c3ccccc3C43c4ccccc4-c4c3ccc3c4-c4ccccc4C3)cc2)cc1. The Morgan fingerprint density at radius 2 is 0.771 bits per heavy atom. The Labute approximate surface area is 408 Å². The number of benzene rings is 11. The zero-order valence-corrected chi connectivity index (χ0v) is 38.2. The molecule has 1 aliphatic heterocycles. The molecule has 1 heterocycles. The average Bonchev–Trinajstić information content (AvgIpc) is 3.88. The molecule has 0 radical (unpaired) electrons. The molecule has 4 aliphatic rings. The first-order valence-corrected chi connectivity index (χ1v) is 24.4. The van der Waals surface area contributed by atoms with Gasteiger partial charge in [-0.15, -0.1) is 0 Å². The quantitative estimate of drug-likeness (QED) is 0.175. The van der Waals surface area contributed by atoms with E-state index in [4.69, 9.17) is 4.74 Å². The Hall–Kier alpha value is -8.98. The van der Waals surface area contributed by atoms with Crippen LogP contribution in [0.5, 0.6) is 11.5 Å². The van der Waals surface area contributed by atoms with Gasteiger partial charge in [0.1, 0.15) is 11.5 Å². The molecule has 0 saturated carbocycles. The highest BCUT2D eigenvalue weighted by atomic mass is 16.5. The van der Waals surface area contributed by atoms with Crippen LogP contribution >= 0.6 is 0 Å². The molecule has 0 bridgehead atoms. The van der Waals surface area contributed by atoms with Crippen molar-refractivity contribution in [3.05, 3.63) is 282 Å². The number of anilines is 3. The van der Waals surface area contributed by atoms with E-state index in [-0.39, 0.29) is 0 Å². The zero-order chi connectivity index (χ0) is 45.9. The Balaban J connectivity index is 1.01. The minimum atomic E-state index is -0.606. The summed E-state index contributed by atoms with van der Waals surface area (Å²) in [5, 5.41) is 0. The molecule has 0 fully saturated rings. The van der Waals surface area contributed by atoms with Crippen molar-refractivity contribution in [1.29, 1.82) is 0 Å². The van der Waals surface area contributed by atoms with E-state index in [9.17, 15) is 0 Å². The van der Waals surface area contributed by atoms with Crippen LogP contribution in [0.15, 0.2) is 249 Å². The molecule has 2 heteroatoms. The van der Waals surface area contributed by atoms with Gasteiger partial charge in [-0.2, -0.15) is 0 Å². The first kappa shape index (κ1) is 39.1. The maximum absolute atomic E-state index is 6.67. The monoisotopic (exact) mass is 889 g/mol. The van der Waals surface area contributed by atoms with E-state index in [2.05, 4.69) is 254 Å². The molecule has 0 amide bonds. The van der Waals surface area contributed by atoms with Gasteiger partial charge in [0, 0.05) is 28.2 Å². The molecule has 11 aromatic rings. The van der Waals surface area contributed by atoms with Crippen LogP contribution < -0.4 is 9.64 Å². The molecule has 15 rings (SSSR count). The van der Waals surface area contributed by atoms with Crippen LogP contribution in [0, 0.1) is 0 Å². The second-order valence-electron chi connectivity index (χ2n) is 19.0. The summed E-state index contributed by atoms with van der Waals surface area (Å²) in [5.41, 5.74) is 27.9. The summed E-state index contributed by atoms with van der Waals surface area (Å²) in [5.74, 6) is 1.71. The fourth-order valence-electron chi connectivity index (χ4n) is 12.6. The fraction of sp³-hybridized carbons (Fsp3) is 0.0294. The average molecular weight is 890 g/mol. The number of para-hydroxylation sites is 2. The van der Waals surface area contributed by atoms with Crippen LogP contribution in [-0.2, 0) is 11.8 Å². The van der Waals surface area contributed by atoms with Gasteiger partial charge in [-0.25, -0.2) is 0 Å². The van der Waals surface area contributed by atoms with Crippen molar-refractivity contribution in [3.8, 4) is 89.4 Å². The van der Waals surface area contributed by atoms with E-state index < -0.39 is 5.41 Å². The normalized spacial score (nSPS) is 14.7. The lowest BCUT2D eigenvalue weighted by Crippen LogP contribution is -2.29. The topological polar surface area (TPSA) is 12.5 Å². The van der Waals surface area contributed by atoms with Crippen LogP contribution in [-0.4, -0.2) is 0 Å². The third-order valence-corrected chi connectivity index (χ3v) is 15.5. The third kappa shape index (κ3) is 5.50. The van der Waals surface area contributed by atoms with Crippen LogP contribution in [0.3, 0.4) is 0 Å². The Kier molecular flexibility index (Phi) is 8.38. The summed E-state index contributed by atoms with van der Waals surface area (Å²) in [6, 6.07) is 92.3. The van der Waals surface area contributed by atoms with Gasteiger partial charge in [0.2, 0.25) is 0 Å². The molecule has 1 unspecified atom stereocenters. The van der Waals surface area contributed by atoms with Gasteiger partial charge in [-0.3, -0.25) is 0 Å². The number of hydrogen-bond acceptors (Lipinski definition) is 2. The fourth-order valence-corrected chi connectivity index (χ4v) is 12.6. The predicted octanol–water partition coefficient (Wildman–Crippen LogP) is 17.8. The summed E-state index contributed by atoms with van der Waals surface area (Å²) in [6.45, 7) is 0. The lowest BCUT2D eigenvalue weighted by molar-refractivity contribution is 0.488. The van der Waals surface area contributed by atoms with Crippen LogP contribution in [0.1, 0.15) is 33.4 Å². The van der Waals surface area contributed by atoms with Crippen LogP contribution in [0.2, 0.25) is 0 Å². The lowest BCUT2D eigenvalue weighted by Gasteiger charge is -2.36. The van der Waals surface area contributed by atoms with Crippen molar-refractivity contribution in [2.24, 2.45) is 0 Å². The molecule has 1 atom stereocenters. The first-order valence-electron chi connectivity index (χ1n) is 24.4. The highest BCUT2D eigenvalue weighted by Gasteiger charge is 2.51. The van der Waals surface area contributed by atoms with Crippen molar-refractivity contribution >= 4 is 17.1 Å². The predicted molar refractivity (Wildman–Crippen MR) is 287 cm³/mol. The van der Waals surface area contributed by atoms with Gasteiger partial charge in [0.25, 0.3) is 0 Å². The van der Waals surface area contributed by atoms with Gasteiger partial charge >= 0.3 is 0 Å². The second kappa shape index (κ2) is 15.0. The first-order chi connectivity index (χ1) is 34.7. The molecule has 1 spiro atoms. The molecular weight excluding hydrogens is 847 g/mol. The molecule has 0 aromatic heterocycles. The van der Waals surface area contributed by atoms with Crippen molar-refractivity contribution < 1.29 is 4.74 Å². The number of fused-ring (bicyclic) bond motifs is 21. The van der Waals surface area contributed by atoms with Gasteiger partial charge in [-0.05, 0) is 155 Å². The lowest BCUT2D eigenvalue weighted by atomic mass is 9.65. The molecule has 3 aliphatic carbocycles. The highest BCUT2D eigenvalue weighted by Crippen LogP contribution is 2.64. The van der Waals surface area contributed by atoms with Crippen molar-refractivity contribution in [2.75, 3.05) is 4.90 Å². The van der Waals surface area contributed by atoms with E-state index in [1.807, 2.05) is 0 Å². The second-order valence-corrected chi connectivity index (χ2v) is 19.0. The molecule has 2 nitrogen and oxygen atoms in total.